The van der Waals surface area contributed by atoms with Gasteiger partial charge in [0, 0.05) is 11.0 Å². The molecule has 0 bridgehead atoms. The Morgan fingerprint density at radius 3 is 2.52 bits per heavy atom. The van der Waals surface area contributed by atoms with Crippen LogP contribution in [0, 0.1) is 0 Å². The van der Waals surface area contributed by atoms with E-state index in [-0.39, 0.29) is 5.41 Å². The van der Waals surface area contributed by atoms with Crippen molar-refractivity contribution in [3.63, 3.8) is 0 Å². The molecule has 0 atom stereocenters. The molecule has 0 fully saturated rings. The molecule has 0 radical (unpaired) electrons. The lowest BCUT2D eigenvalue weighted by atomic mass is 9.90. The van der Waals surface area contributed by atoms with Gasteiger partial charge in [-0.05, 0) is 12.1 Å². The fourth-order valence-electron chi connectivity index (χ4n) is 2.33. The molecule has 0 aliphatic heterocycles. The molecule has 0 spiro atoms. The number of aromatic amines is 1. The lowest BCUT2D eigenvalue weighted by molar-refractivity contribution is 0.555. The predicted octanol–water partition coefficient (Wildman–Crippen LogP) is 4.44. The topological polar surface area (TPSA) is 46.5 Å². The van der Waals surface area contributed by atoms with Crippen LogP contribution in [0.3, 0.4) is 0 Å². The van der Waals surface area contributed by atoms with Gasteiger partial charge in [-0.25, -0.2) is 4.98 Å². The molecule has 0 aliphatic rings. The van der Waals surface area contributed by atoms with Gasteiger partial charge in [0.05, 0.1) is 22.6 Å². The largest absolute Gasteiger partial charge is 0.322 e. The highest BCUT2D eigenvalue weighted by Gasteiger charge is 2.26. The number of halogens is 2. The Kier molecular flexibility index (Phi) is 3.46. The lowest BCUT2D eigenvalue weighted by Crippen LogP contribution is -2.14. The van der Waals surface area contributed by atoms with Gasteiger partial charge in [-0.1, -0.05) is 44.5 Å². The average molecular weight is 323 g/mol. The second kappa shape index (κ2) is 5.04. The van der Waals surface area contributed by atoms with Crippen LogP contribution in [0.1, 0.15) is 32.0 Å². The molecule has 110 valence electrons. The van der Waals surface area contributed by atoms with Crippen molar-refractivity contribution in [1.29, 1.82) is 0 Å². The Morgan fingerprint density at radius 1 is 1.24 bits per heavy atom. The highest BCUT2D eigenvalue weighted by molar-refractivity contribution is 6.31. The number of rotatable bonds is 2. The van der Waals surface area contributed by atoms with E-state index in [4.69, 9.17) is 23.2 Å². The molecule has 0 aliphatic carbocycles. The van der Waals surface area contributed by atoms with Gasteiger partial charge in [-0.3, -0.25) is 0 Å². The van der Waals surface area contributed by atoms with Crippen LogP contribution >= 0.6 is 23.2 Å². The average Bonchev–Trinajstić information content (AvgIpc) is 2.98. The van der Waals surface area contributed by atoms with Gasteiger partial charge in [0.15, 0.2) is 0 Å². The van der Waals surface area contributed by atoms with Crippen molar-refractivity contribution in [3.8, 4) is 5.95 Å². The van der Waals surface area contributed by atoms with E-state index < -0.39 is 0 Å². The summed E-state index contributed by atoms with van der Waals surface area (Å²) in [5, 5.41) is 5.13. The van der Waals surface area contributed by atoms with Crippen molar-refractivity contribution in [2.75, 3.05) is 0 Å². The van der Waals surface area contributed by atoms with Crippen LogP contribution in [0.15, 0.2) is 24.3 Å². The van der Waals surface area contributed by atoms with Gasteiger partial charge in [-0.15, -0.1) is 11.6 Å². The molecule has 3 rings (SSSR count). The number of alkyl halides is 1. The van der Waals surface area contributed by atoms with Crippen LogP contribution in [0.4, 0.5) is 0 Å². The maximum absolute atomic E-state index is 6.45. The number of nitrogens with one attached hydrogen (secondary N) is 1. The van der Waals surface area contributed by atoms with E-state index in [0.717, 1.165) is 22.3 Å². The van der Waals surface area contributed by atoms with Crippen LogP contribution in [-0.4, -0.2) is 19.7 Å². The summed E-state index contributed by atoms with van der Waals surface area (Å²) in [6.45, 7) is 6.26. The van der Waals surface area contributed by atoms with Gasteiger partial charge in [0.1, 0.15) is 5.15 Å². The Labute approximate surface area is 133 Å². The van der Waals surface area contributed by atoms with E-state index in [0.29, 0.717) is 17.0 Å². The summed E-state index contributed by atoms with van der Waals surface area (Å²) in [5.74, 6) is 0.925. The maximum atomic E-state index is 6.45. The zero-order chi connectivity index (χ0) is 15.2. The van der Waals surface area contributed by atoms with Gasteiger partial charge < -0.3 is 4.98 Å². The number of benzene rings is 1. The number of fused-ring (bicyclic) bond motifs is 1. The first-order chi connectivity index (χ1) is 9.91. The van der Waals surface area contributed by atoms with E-state index in [2.05, 4.69) is 35.8 Å². The Bertz CT molecular complexity index is 763. The number of hydrogen-bond donors (Lipinski definition) is 1. The van der Waals surface area contributed by atoms with Crippen molar-refractivity contribution in [2.24, 2.45) is 0 Å². The summed E-state index contributed by atoms with van der Waals surface area (Å²) >= 11 is 12.5. The SMILES string of the molecule is CC(C)(C)c1nn(-c2nc3ccccc3[nH]2)c(Cl)c1CCl. The minimum absolute atomic E-state index is 0.134. The number of nitrogens with zero attached hydrogens (tertiary/aromatic N) is 3. The maximum Gasteiger partial charge on any atom is 0.230 e. The number of H-pyrrole nitrogens is 1. The monoisotopic (exact) mass is 322 g/mol. The van der Waals surface area contributed by atoms with E-state index in [1.54, 1.807) is 4.68 Å². The van der Waals surface area contributed by atoms with Gasteiger partial charge in [0.25, 0.3) is 0 Å². The molecule has 0 saturated carbocycles. The zero-order valence-electron chi connectivity index (χ0n) is 12.1. The predicted molar refractivity (Wildman–Crippen MR) is 86.5 cm³/mol. The van der Waals surface area contributed by atoms with Crippen molar-refractivity contribution in [3.05, 3.63) is 40.7 Å². The molecular weight excluding hydrogens is 307 g/mol. The number of para-hydroxylation sites is 2. The molecule has 0 amide bonds. The number of aromatic nitrogens is 4. The van der Waals surface area contributed by atoms with Crippen LogP contribution in [-0.2, 0) is 11.3 Å². The first-order valence-electron chi connectivity index (χ1n) is 6.71. The van der Waals surface area contributed by atoms with E-state index in [1.807, 2.05) is 24.3 Å². The van der Waals surface area contributed by atoms with Crippen molar-refractivity contribution in [2.45, 2.75) is 32.1 Å². The smallest absolute Gasteiger partial charge is 0.230 e. The summed E-state index contributed by atoms with van der Waals surface area (Å²) in [4.78, 5) is 7.76. The molecule has 1 aromatic carbocycles. The molecule has 0 unspecified atom stereocenters. The van der Waals surface area contributed by atoms with Crippen LogP contribution in [0.25, 0.3) is 17.0 Å². The van der Waals surface area contributed by atoms with Crippen molar-refractivity contribution in [1.82, 2.24) is 19.7 Å². The Morgan fingerprint density at radius 2 is 1.95 bits per heavy atom. The number of hydrogen-bond acceptors (Lipinski definition) is 2. The molecule has 0 saturated heterocycles. The van der Waals surface area contributed by atoms with Crippen LogP contribution in [0.5, 0.6) is 0 Å². The second-order valence-electron chi connectivity index (χ2n) is 5.99. The van der Waals surface area contributed by atoms with E-state index in [1.165, 1.54) is 0 Å². The van der Waals surface area contributed by atoms with Crippen LogP contribution < -0.4 is 0 Å². The molecule has 4 nitrogen and oxygen atoms in total. The summed E-state index contributed by atoms with van der Waals surface area (Å²) < 4.78 is 1.62. The van der Waals surface area contributed by atoms with Crippen LogP contribution in [0.2, 0.25) is 5.15 Å². The summed E-state index contributed by atoms with van der Waals surface area (Å²) in [5.41, 5.74) is 3.44. The Balaban J connectivity index is 2.20. The number of imidazole rings is 1. The van der Waals surface area contributed by atoms with Gasteiger partial charge in [0.2, 0.25) is 5.95 Å². The fraction of sp³-hybridized carbons (Fsp3) is 0.333. The fourth-order valence-corrected chi connectivity index (χ4v) is 2.93. The quantitative estimate of drug-likeness (QED) is 0.709. The Hall–Kier alpha value is -1.52. The summed E-state index contributed by atoms with van der Waals surface area (Å²) in [6.07, 6.45) is 0. The third-order valence-corrected chi connectivity index (χ3v) is 4.00. The van der Waals surface area contributed by atoms with Gasteiger partial charge >= 0.3 is 0 Å². The standard InChI is InChI=1S/C15H16Cl2N4/c1-15(2,3)12-9(8-16)13(17)21(20-12)14-18-10-6-4-5-7-11(10)19-14/h4-7H,8H2,1-3H3,(H,18,19). The molecule has 2 heterocycles. The molecule has 2 aromatic heterocycles. The van der Waals surface area contributed by atoms with Crippen molar-refractivity contribution < 1.29 is 0 Å². The highest BCUT2D eigenvalue weighted by Crippen LogP contribution is 2.32. The first-order valence-corrected chi connectivity index (χ1v) is 7.62. The summed E-state index contributed by atoms with van der Waals surface area (Å²) in [6, 6.07) is 7.82. The van der Waals surface area contributed by atoms with Crippen molar-refractivity contribution >= 4 is 34.2 Å². The highest BCUT2D eigenvalue weighted by atomic mass is 35.5. The zero-order valence-corrected chi connectivity index (χ0v) is 13.6. The minimum Gasteiger partial charge on any atom is -0.322 e. The van der Waals surface area contributed by atoms with E-state index in [9.17, 15) is 0 Å². The molecule has 21 heavy (non-hydrogen) atoms. The molecule has 1 N–H and O–H groups in total. The van der Waals surface area contributed by atoms with Gasteiger partial charge in [-0.2, -0.15) is 9.78 Å². The molecule has 6 heteroatoms. The molecule has 3 aromatic rings. The lowest BCUT2D eigenvalue weighted by Gasteiger charge is -2.16. The van der Waals surface area contributed by atoms with E-state index >= 15 is 0 Å². The normalized spacial score (nSPS) is 12.2. The molecular formula is C15H16Cl2N4. The summed E-state index contributed by atoms with van der Waals surface area (Å²) in [7, 11) is 0. The third-order valence-electron chi connectivity index (χ3n) is 3.34. The third kappa shape index (κ3) is 2.43. The second-order valence-corrected chi connectivity index (χ2v) is 6.62. The first kappa shape index (κ1) is 14.4. The minimum atomic E-state index is -0.134.